The molecule has 0 aromatic carbocycles. The van der Waals surface area contributed by atoms with E-state index in [9.17, 15) is 24.3 Å². The van der Waals surface area contributed by atoms with Crippen LogP contribution in [0.3, 0.4) is 0 Å². The monoisotopic (exact) mass is 780 g/mol. The Balaban J connectivity index is 0. The minimum absolute atomic E-state index is 0.00411. The van der Waals surface area contributed by atoms with Crippen molar-refractivity contribution in [2.24, 2.45) is 40.4 Å². The number of aliphatic hydroxyl groups is 1. The van der Waals surface area contributed by atoms with E-state index in [4.69, 9.17) is 9.47 Å². The fraction of sp³-hybridized carbons (Fsp3) is 0.778. The van der Waals surface area contributed by atoms with E-state index < -0.39 is 17.6 Å². The fourth-order valence-electron chi connectivity index (χ4n) is 7.38. The Morgan fingerprint density at radius 2 is 1.57 bits per heavy atom. The summed E-state index contributed by atoms with van der Waals surface area (Å²) in [5, 5.41) is 9.78. The van der Waals surface area contributed by atoms with Crippen molar-refractivity contribution < 1.29 is 33.8 Å². The van der Waals surface area contributed by atoms with Crippen LogP contribution in [0.4, 0.5) is 0 Å². The van der Waals surface area contributed by atoms with Gasteiger partial charge < -0.3 is 29.1 Å². The molecule has 2 aliphatic rings. The maximum absolute atomic E-state index is 12.6. The third-order valence-electron chi connectivity index (χ3n) is 11.5. The van der Waals surface area contributed by atoms with Crippen molar-refractivity contribution in [1.82, 2.24) is 4.90 Å². The molecule has 0 saturated carbocycles. The minimum Gasteiger partial charge on any atom is -0.462 e. The van der Waals surface area contributed by atoms with Gasteiger partial charge in [0.15, 0.2) is 12.1 Å². The summed E-state index contributed by atoms with van der Waals surface area (Å²) in [5.74, 6) is 0.511. The van der Waals surface area contributed by atoms with Crippen LogP contribution in [0, 0.1) is 40.4 Å². The molecule has 0 bridgehead atoms. The second-order valence-corrected chi connectivity index (χ2v) is 16.4. The number of hydrogen-bond donors (Lipinski definition) is 2. The highest BCUT2D eigenvalue weighted by molar-refractivity contribution is 7.79. The van der Waals surface area contributed by atoms with Crippen LogP contribution in [-0.4, -0.2) is 78.7 Å². The van der Waals surface area contributed by atoms with Gasteiger partial charge in [0, 0.05) is 37.3 Å². The molecule has 54 heavy (non-hydrogen) atoms. The number of rotatable bonds is 11. The van der Waals surface area contributed by atoms with Crippen LogP contribution in [0.1, 0.15) is 141 Å². The van der Waals surface area contributed by atoms with Crippen molar-refractivity contribution in [1.29, 1.82) is 0 Å². The molecule has 2 heterocycles. The maximum Gasteiger partial charge on any atom is 0.306 e. The van der Waals surface area contributed by atoms with Crippen molar-refractivity contribution in [3.8, 4) is 0 Å². The second kappa shape index (κ2) is 28.3. The van der Waals surface area contributed by atoms with Gasteiger partial charge in [-0.15, -0.1) is 6.58 Å². The van der Waals surface area contributed by atoms with Crippen molar-refractivity contribution >= 4 is 37.0 Å². The first-order valence-corrected chi connectivity index (χ1v) is 21.3. The summed E-state index contributed by atoms with van der Waals surface area (Å²) in [6, 6.07) is 0.236. The summed E-state index contributed by atoms with van der Waals surface area (Å²) in [6.07, 6.45) is 17.3. The Morgan fingerprint density at radius 3 is 2.07 bits per heavy atom. The van der Waals surface area contributed by atoms with Crippen LogP contribution < -0.4 is 0 Å². The van der Waals surface area contributed by atoms with Crippen LogP contribution in [0.15, 0.2) is 36.5 Å². The molecule has 314 valence electrons. The molecule has 0 aromatic rings. The molecule has 8 atom stereocenters. The number of carbonyl (C=O) groups excluding carboxylic acids is 4. The molecular formula is C45H81NO7S. The van der Waals surface area contributed by atoms with Gasteiger partial charge in [0.05, 0.1) is 12.0 Å². The lowest BCUT2D eigenvalue weighted by molar-refractivity contribution is -0.176. The molecule has 0 amide bonds. The molecule has 8 nitrogen and oxygen atoms in total. The first kappa shape index (κ1) is 54.0. The zero-order valence-electron chi connectivity index (χ0n) is 36.7. The lowest BCUT2D eigenvalue weighted by Gasteiger charge is -2.48. The number of ketones is 1. The molecule has 0 aliphatic carbocycles. The number of aliphatic hydroxyl groups excluding tert-OH is 1. The molecule has 2 aliphatic heterocycles. The topological polar surface area (TPSA) is 110 Å². The average Bonchev–Trinajstić information content (AvgIpc) is 3.12. The van der Waals surface area contributed by atoms with Gasteiger partial charge >= 0.3 is 5.97 Å². The lowest BCUT2D eigenvalue weighted by Crippen LogP contribution is -2.51. The summed E-state index contributed by atoms with van der Waals surface area (Å²) in [7, 11) is 2.03. The Labute approximate surface area is 336 Å². The minimum atomic E-state index is -0.718. The molecule has 0 radical (unpaired) electrons. The Bertz CT molecular complexity index is 1130. The molecule has 1 fully saturated rings. The molecule has 0 spiro atoms. The first-order valence-electron chi connectivity index (χ1n) is 20.4. The maximum atomic E-state index is 12.6. The van der Waals surface area contributed by atoms with Gasteiger partial charge in [-0.1, -0.05) is 93.0 Å². The lowest BCUT2D eigenvalue weighted by atomic mass is 9.61. The van der Waals surface area contributed by atoms with E-state index in [1.807, 2.05) is 67.7 Å². The molecule has 0 aromatic heterocycles. The number of carbonyl (C=O) groups is 4. The number of allylic oxidation sites excluding steroid dienone is 4. The number of hydrogen-bond acceptors (Lipinski definition) is 9. The van der Waals surface area contributed by atoms with Gasteiger partial charge in [-0.05, 0) is 101 Å². The van der Waals surface area contributed by atoms with Crippen LogP contribution in [0.5, 0.6) is 0 Å². The summed E-state index contributed by atoms with van der Waals surface area (Å²) < 4.78 is 11.2. The number of cyclic esters (lactones) is 1. The normalized spacial score (nSPS) is 29.0. The largest absolute Gasteiger partial charge is 0.462 e. The summed E-state index contributed by atoms with van der Waals surface area (Å²) in [6.45, 7) is 29.1. The van der Waals surface area contributed by atoms with E-state index in [0.717, 1.165) is 69.6 Å². The molecule has 0 unspecified atom stereocenters. The third kappa shape index (κ3) is 19.2. The van der Waals surface area contributed by atoms with Crippen molar-refractivity contribution in [3.63, 3.8) is 0 Å². The number of esters is 1. The zero-order chi connectivity index (χ0) is 42.2. The van der Waals surface area contributed by atoms with Crippen LogP contribution in [0.2, 0.25) is 0 Å². The van der Waals surface area contributed by atoms with E-state index in [-0.39, 0.29) is 47.3 Å². The molecule has 2 rings (SSSR count). The van der Waals surface area contributed by atoms with E-state index in [0.29, 0.717) is 24.7 Å². The van der Waals surface area contributed by atoms with Gasteiger partial charge in [0.25, 0.3) is 0 Å². The summed E-state index contributed by atoms with van der Waals surface area (Å²) in [5.41, 5.74) is 0.367. The highest BCUT2D eigenvalue weighted by Gasteiger charge is 2.44. The van der Waals surface area contributed by atoms with Gasteiger partial charge in [0.2, 0.25) is 0 Å². The predicted molar refractivity (Wildman–Crippen MR) is 229 cm³/mol. The van der Waals surface area contributed by atoms with E-state index in [1.54, 1.807) is 12.3 Å². The molecule has 9 heteroatoms. The van der Waals surface area contributed by atoms with Gasteiger partial charge in [-0.25, -0.2) is 0 Å². The number of ether oxygens (including phenoxy) is 2. The molecule has 1 N–H and O–H groups in total. The standard InChI is InChI=1S/C25H40O3.C17H31NO4.C2H6.CH4S/c1-7-10-21-15-18(4)12-14-25(27)28-24(9-3)22(8-2)16-19(5)11-13-23(26)20(6)17-21;1-12-7-14(8-15(21)22-12)18(6)11-16(2,3)17(4,5)13(9-19)10-20;2*1-2/h7,11,13,16,18,20-22,24H,1,8-10,12,14-15,17H2,2-6H3;9-10,12-15,21H,7-8,11H2,1-6H3;1-2H3;2H,1H3/b13-11+,19-16+;;;/t18-,20+,21+,22-,24+;12-,14+,15-;;/m01../s1. The predicted octanol–water partition coefficient (Wildman–Crippen LogP) is 9.89. The Morgan fingerprint density at radius 1 is 0.981 bits per heavy atom. The summed E-state index contributed by atoms with van der Waals surface area (Å²) >= 11 is 3.53. The quantitative estimate of drug-likeness (QED) is 0.0702. The van der Waals surface area contributed by atoms with Gasteiger partial charge in [0.1, 0.15) is 18.7 Å². The highest BCUT2D eigenvalue weighted by atomic mass is 32.1. The first-order chi connectivity index (χ1) is 25.3. The Hall–Kier alpha value is -2.07. The molecular weight excluding hydrogens is 699 g/mol. The number of nitrogens with zero attached hydrogens (tertiary/aromatic N) is 1. The zero-order valence-corrected chi connectivity index (χ0v) is 37.6. The average molecular weight is 780 g/mol. The van der Waals surface area contributed by atoms with E-state index in [2.05, 4.69) is 64.8 Å². The number of aldehydes is 2. The van der Waals surface area contributed by atoms with E-state index in [1.165, 1.54) is 0 Å². The van der Waals surface area contributed by atoms with Crippen molar-refractivity contribution in [2.45, 2.75) is 165 Å². The van der Waals surface area contributed by atoms with Crippen molar-refractivity contribution in [2.75, 3.05) is 19.8 Å². The van der Waals surface area contributed by atoms with Gasteiger partial charge in [-0.3, -0.25) is 9.59 Å². The third-order valence-corrected chi connectivity index (χ3v) is 11.5. The van der Waals surface area contributed by atoms with Crippen molar-refractivity contribution in [3.05, 3.63) is 36.5 Å². The van der Waals surface area contributed by atoms with Gasteiger partial charge in [-0.2, -0.15) is 12.6 Å². The smallest absolute Gasteiger partial charge is 0.306 e. The summed E-state index contributed by atoms with van der Waals surface area (Å²) in [4.78, 5) is 49.6. The molecule has 1 saturated heterocycles. The van der Waals surface area contributed by atoms with E-state index >= 15 is 0 Å². The van der Waals surface area contributed by atoms with Crippen LogP contribution >= 0.6 is 12.6 Å². The number of thiol groups is 1. The SMILES string of the molecule is C=CC[C@@H]1C[C@@H](C)CCC(=O)O[C@H](CC)[C@@H](CC)/C=C(C)/C=C/C(=O)[C@H](C)C1.CC.CS.C[C@@H]1C[C@H](N(C)CC(C)(C)C(C)(C)C(C=O)C=O)C[C@H](O)O1. The van der Waals surface area contributed by atoms with Crippen LogP contribution in [-0.2, 0) is 28.7 Å². The highest BCUT2D eigenvalue weighted by Crippen LogP contribution is 2.44. The second-order valence-electron chi connectivity index (χ2n) is 16.4. The fourth-order valence-corrected chi connectivity index (χ4v) is 7.38. The van der Waals surface area contributed by atoms with Crippen LogP contribution in [0.25, 0.3) is 0 Å². The Kier molecular flexibility index (Phi) is 28.4.